The van der Waals surface area contributed by atoms with Crippen molar-refractivity contribution in [3.05, 3.63) is 0 Å². The fourth-order valence-electron chi connectivity index (χ4n) is 2.47. The van der Waals surface area contributed by atoms with Crippen LogP contribution in [0.25, 0.3) is 0 Å². The van der Waals surface area contributed by atoms with Crippen molar-refractivity contribution >= 4 is 0 Å². The van der Waals surface area contributed by atoms with Crippen LogP contribution in [0.2, 0.25) is 0 Å². The van der Waals surface area contributed by atoms with Gasteiger partial charge in [0.1, 0.15) is 0 Å². The largest absolute Gasteiger partial charge is 0.379 e. The summed E-state index contributed by atoms with van der Waals surface area (Å²) in [5.74, 6) is 0. The normalized spacial score (nSPS) is 29.0. The number of methoxy groups -OCH3 is 1. The topological polar surface area (TPSA) is 41.7 Å². The Balaban J connectivity index is 1.74. The first kappa shape index (κ1) is 11.3. The van der Waals surface area contributed by atoms with Gasteiger partial charge in [-0.2, -0.15) is 0 Å². The summed E-state index contributed by atoms with van der Waals surface area (Å²) in [5.41, 5.74) is 6.46. The molecule has 2 heterocycles. The van der Waals surface area contributed by atoms with E-state index >= 15 is 0 Å². The van der Waals surface area contributed by atoms with Gasteiger partial charge in [-0.1, -0.05) is 0 Å². The highest BCUT2D eigenvalue weighted by molar-refractivity contribution is 4.95. The molecule has 4 heteroatoms. The van der Waals surface area contributed by atoms with Crippen molar-refractivity contribution in [2.45, 2.75) is 24.5 Å². The summed E-state index contributed by atoms with van der Waals surface area (Å²) in [4.78, 5) is 4.78. The van der Waals surface area contributed by atoms with Gasteiger partial charge in [0.25, 0.3) is 0 Å². The molecule has 0 aliphatic carbocycles. The summed E-state index contributed by atoms with van der Waals surface area (Å²) in [7, 11) is 3.96. The van der Waals surface area contributed by atoms with Crippen LogP contribution in [-0.2, 0) is 4.74 Å². The monoisotopic (exact) mass is 213 g/mol. The van der Waals surface area contributed by atoms with E-state index in [1.807, 2.05) is 0 Å². The molecule has 88 valence electrons. The summed E-state index contributed by atoms with van der Waals surface area (Å²) in [6.45, 7) is 5.44. The number of likely N-dealkylation sites (tertiary alicyclic amines) is 2. The van der Waals surface area contributed by atoms with Crippen molar-refractivity contribution in [2.24, 2.45) is 5.73 Å². The van der Waals surface area contributed by atoms with E-state index in [0.717, 1.165) is 45.6 Å². The zero-order valence-electron chi connectivity index (χ0n) is 9.91. The van der Waals surface area contributed by atoms with E-state index in [-0.39, 0.29) is 5.54 Å². The predicted molar refractivity (Wildman–Crippen MR) is 60.9 cm³/mol. The second-order valence-corrected chi connectivity index (χ2v) is 5.22. The molecular weight excluding hydrogens is 190 g/mol. The number of nitrogens with two attached hydrogens (primary N) is 1. The van der Waals surface area contributed by atoms with Gasteiger partial charge >= 0.3 is 0 Å². The van der Waals surface area contributed by atoms with Gasteiger partial charge in [0.05, 0.1) is 6.10 Å². The lowest BCUT2D eigenvalue weighted by atomic mass is 9.87. The maximum atomic E-state index is 6.41. The number of nitrogens with zero attached hydrogens (tertiary/aromatic N) is 2. The number of hydrogen-bond donors (Lipinski definition) is 1. The zero-order valence-corrected chi connectivity index (χ0v) is 9.91. The maximum absolute atomic E-state index is 6.41. The third kappa shape index (κ3) is 2.69. The summed E-state index contributed by atoms with van der Waals surface area (Å²) in [5, 5.41) is 0. The highest BCUT2D eigenvalue weighted by atomic mass is 16.5. The van der Waals surface area contributed by atoms with E-state index in [1.54, 1.807) is 7.11 Å². The number of rotatable bonds is 3. The molecule has 2 aliphatic rings. The third-order valence-corrected chi connectivity index (χ3v) is 3.78. The Morgan fingerprint density at radius 1 is 1.33 bits per heavy atom. The third-order valence-electron chi connectivity index (χ3n) is 3.78. The summed E-state index contributed by atoms with van der Waals surface area (Å²) in [6, 6.07) is 0. The molecule has 2 aliphatic heterocycles. The van der Waals surface area contributed by atoms with Crippen molar-refractivity contribution in [1.29, 1.82) is 0 Å². The summed E-state index contributed by atoms with van der Waals surface area (Å²) in [6.07, 6.45) is 2.69. The van der Waals surface area contributed by atoms with Gasteiger partial charge in [-0.3, -0.25) is 4.90 Å². The van der Waals surface area contributed by atoms with Gasteiger partial charge in [0.15, 0.2) is 0 Å². The minimum absolute atomic E-state index is 0.0468. The average Bonchev–Trinajstić information content (AvgIpc) is 2.16. The lowest BCUT2D eigenvalue weighted by Crippen LogP contribution is -2.62. The highest BCUT2D eigenvalue weighted by Crippen LogP contribution is 2.22. The number of hydrogen-bond acceptors (Lipinski definition) is 4. The molecule has 2 rings (SSSR count). The van der Waals surface area contributed by atoms with Gasteiger partial charge < -0.3 is 15.4 Å². The van der Waals surface area contributed by atoms with Crippen molar-refractivity contribution in [2.75, 3.05) is 46.9 Å². The van der Waals surface area contributed by atoms with Crippen molar-refractivity contribution in [1.82, 2.24) is 9.80 Å². The Labute approximate surface area is 92.4 Å². The standard InChI is InChI=1S/C11H23N3O/c1-13-5-3-11(12,4-6-13)9-14-7-10(8-14)15-2/h10H,3-9,12H2,1-2H3. The Hall–Kier alpha value is -0.160. The molecule has 0 bridgehead atoms. The fourth-order valence-corrected chi connectivity index (χ4v) is 2.47. The molecule has 0 aromatic carbocycles. The SMILES string of the molecule is COC1CN(CC2(N)CCN(C)CC2)C1. The van der Waals surface area contributed by atoms with Crippen LogP contribution in [0.4, 0.5) is 0 Å². The zero-order chi connectivity index (χ0) is 10.9. The van der Waals surface area contributed by atoms with E-state index < -0.39 is 0 Å². The van der Waals surface area contributed by atoms with Gasteiger partial charge in [0.2, 0.25) is 0 Å². The van der Waals surface area contributed by atoms with E-state index in [0.29, 0.717) is 6.10 Å². The van der Waals surface area contributed by atoms with Gasteiger partial charge in [-0.15, -0.1) is 0 Å². The summed E-state index contributed by atoms with van der Waals surface area (Å²) < 4.78 is 5.26. The molecule has 0 atom stereocenters. The van der Waals surface area contributed by atoms with Crippen LogP contribution < -0.4 is 5.73 Å². The molecular formula is C11H23N3O. The molecule has 0 saturated carbocycles. The molecule has 4 nitrogen and oxygen atoms in total. The molecule has 0 aromatic rings. The maximum Gasteiger partial charge on any atom is 0.0824 e. The van der Waals surface area contributed by atoms with Gasteiger partial charge in [-0.05, 0) is 33.0 Å². The lowest BCUT2D eigenvalue weighted by Gasteiger charge is -2.46. The number of ether oxygens (including phenoxy) is 1. The average molecular weight is 213 g/mol. The lowest BCUT2D eigenvalue weighted by molar-refractivity contribution is -0.0425. The first-order chi connectivity index (χ1) is 7.11. The molecule has 2 fully saturated rings. The molecule has 2 saturated heterocycles. The Morgan fingerprint density at radius 2 is 1.93 bits per heavy atom. The molecule has 2 N–H and O–H groups in total. The minimum atomic E-state index is 0.0468. The van der Waals surface area contributed by atoms with Crippen LogP contribution in [0, 0.1) is 0 Å². The quantitative estimate of drug-likeness (QED) is 0.701. The van der Waals surface area contributed by atoms with Crippen molar-refractivity contribution in [3.8, 4) is 0 Å². The van der Waals surface area contributed by atoms with Crippen LogP contribution in [0.1, 0.15) is 12.8 Å². The second-order valence-electron chi connectivity index (χ2n) is 5.22. The second kappa shape index (κ2) is 4.37. The molecule has 0 spiro atoms. The predicted octanol–water partition coefficient (Wildman–Crippen LogP) is -0.260. The molecule has 0 unspecified atom stereocenters. The Morgan fingerprint density at radius 3 is 2.47 bits per heavy atom. The van der Waals surface area contributed by atoms with Crippen molar-refractivity contribution < 1.29 is 4.74 Å². The van der Waals surface area contributed by atoms with Crippen LogP contribution in [0.5, 0.6) is 0 Å². The molecule has 15 heavy (non-hydrogen) atoms. The number of piperidine rings is 1. The van der Waals surface area contributed by atoms with Crippen LogP contribution in [0.15, 0.2) is 0 Å². The van der Waals surface area contributed by atoms with Gasteiger partial charge in [-0.25, -0.2) is 0 Å². The Bertz CT molecular complexity index is 208. The molecule has 0 radical (unpaired) electrons. The molecule has 0 aromatic heterocycles. The first-order valence-corrected chi connectivity index (χ1v) is 5.84. The van der Waals surface area contributed by atoms with Crippen LogP contribution in [-0.4, -0.2) is 68.3 Å². The van der Waals surface area contributed by atoms with E-state index in [9.17, 15) is 0 Å². The van der Waals surface area contributed by atoms with E-state index in [4.69, 9.17) is 10.5 Å². The molecule has 0 amide bonds. The smallest absolute Gasteiger partial charge is 0.0824 e. The van der Waals surface area contributed by atoms with Gasteiger partial charge in [0, 0.05) is 32.3 Å². The minimum Gasteiger partial charge on any atom is -0.379 e. The van der Waals surface area contributed by atoms with E-state index in [2.05, 4.69) is 16.8 Å². The fraction of sp³-hybridized carbons (Fsp3) is 1.00. The summed E-state index contributed by atoms with van der Waals surface area (Å²) >= 11 is 0. The highest BCUT2D eigenvalue weighted by Gasteiger charge is 2.35. The van der Waals surface area contributed by atoms with Crippen LogP contribution in [0.3, 0.4) is 0 Å². The van der Waals surface area contributed by atoms with E-state index in [1.165, 1.54) is 0 Å². The van der Waals surface area contributed by atoms with Crippen molar-refractivity contribution in [3.63, 3.8) is 0 Å². The first-order valence-electron chi connectivity index (χ1n) is 5.84. The Kier molecular flexibility index (Phi) is 3.30. The van der Waals surface area contributed by atoms with Crippen LogP contribution >= 0.6 is 0 Å².